The molecule has 0 aliphatic rings. The van der Waals surface area contributed by atoms with E-state index in [1.165, 1.54) is 54.9 Å². The highest BCUT2D eigenvalue weighted by molar-refractivity contribution is 6.13. The topological polar surface area (TPSA) is 16.4 Å². The minimum Gasteiger partial charge on any atom is -0.456 e. The van der Waals surface area contributed by atoms with Crippen molar-refractivity contribution in [2.24, 2.45) is 0 Å². The van der Waals surface area contributed by atoms with Crippen LogP contribution in [0.2, 0.25) is 0 Å². The van der Waals surface area contributed by atoms with Gasteiger partial charge in [0.2, 0.25) is 0 Å². The highest BCUT2D eigenvalue weighted by Gasteiger charge is 2.18. The van der Waals surface area contributed by atoms with Crippen LogP contribution in [-0.4, -0.2) is 0 Å². The standard InChI is InChI=1S/C50H33NO/c1-2-11-36(12-3-1)46-21-10-22-49-50(46)47-33-41(31-32-48(47)52-49)51(39-27-23-37(24-28-39)44-19-8-15-34-13-4-6-17-42(34)44)40-29-25-38(26-30-40)45-20-9-16-35-14-5-7-18-43(35)45/h1-33H. The second kappa shape index (κ2) is 12.5. The molecule has 0 saturated carbocycles. The van der Waals surface area contributed by atoms with Crippen molar-refractivity contribution in [3.63, 3.8) is 0 Å². The molecule has 0 saturated heterocycles. The Labute approximate surface area is 302 Å². The lowest BCUT2D eigenvalue weighted by atomic mass is 9.97. The van der Waals surface area contributed by atoms with Crippen LogP contribution in [0.4, 0.5) is 17.1 Å². The molecule has 0 bridgehead atoms. The third-order valence-electron chi connectivity index (χ3n) is 10.3. The first-order valence-electron chi connectivity index (χ1n) is 17.8. The normalized spacial score (nSPS) is 11.5. The number of anilines is 3. The zero-order valence-corrected chi connectivity index (χ0v) is 28.4. The summed E-state index contributed by atoms with van der Waals surface area (Å²) in [6.45, 7) is 0. The fourth-order valence-corrected chi connectivity index (χ4v) is 7.79. The molecule has 0 radical (unpaired) electrons. The number of hydrogen-bond donors (Lipinski definition) is 0. The van der Waals surface area contributed by atoms with Crippen molar-refractivity contribution in [2.75, 3.05) is 4.90 Å². The zero-order chi connectivity index (χ0) is 34.4. The van der Waals surface area contributed by atoms with Crippen molar-refractivity contribution in [2.45, 2.75) is 0 Å². The van der Waals surface area contributed by atoms with Crippen molar-refractivity contribution in [3.8, 4) is 33.4 Å². The molecule has 0 spiro atoms. The Balaban J connectivity index is 1.13. The minimum absolute atomic E-state index is 0.875. The summed E-state index contributed by atoms with van der Waals surface area (Å²) in [5.74, 6) is 0. The van der Waals surface area contributed by atoms with E-state index in [0.29, 0.717) is 0 Å². The average molecular weight is 664 g/mol. The van der Waals surface area contributed by atoms with Crippen LogP contribution in [0.1, 0.15) is 0 Å². The number of hydrogen-bond acceptors (Lipinski definition) is 2. The van der Waals surface area contributed by atoms with Gasteiger partial charge in [0, 0.05) is 27.8 Å². The van der Waals surface area contributed by atoms with Gasteiger partial charge in [0.25, 0.3) is 0 Å². The Morgan fingerprint density at radius 1 is 0.308 bits per heavy atom. The van der Waals surface area contributed by atoms with Gasteiger partial charge in [-0.15, -0.1) is 0 Å². The van der Waals surface area contributed by atoms with E-state index in [-0.39, 0.29) is 0 Å². The predicted molar refractivity (Wildman–Crippen MR) is 220 cm³/mol. The minimum atomic E-state index is 0.875. The van der Waals surface area contributed by atoms with E-state index in [2.05, 4.69) is 205 Å². The molecule has 2 nitrogen and oxygen atoms in total. The fraction of sp³-hybridized carbons (Fsp3) is 0. The molecule has 2 heteroatoms. The third-order valence-corrected chi connectivity index (χ3v) is 10.3. The van der Waals surface area contributed by atoms with Gasteiger partial charge in [0.15, 0.2) is 0 Å². The number of nitrogens with zero attached hydrogens (tertiary/aromatic N) is 1. The van der Waals surface area contributed by atoms with Gasteiger partial charge in [-0.25, -0.2) is 0 Å². The van der Waals surface area contributed by atoms with Crippen molar-refractivity contribution >= 4 is 60.5 Å². The van der Waals surface area contributed by atoms with E-state index < -0.39 is 0 Å². The summed E-state index contributed by atoms with van der Waals surface area (Å²) in [7, 11) is 0. The summed E-state index contributed by atoms with van der Waals surface area (Å²) in [5.41, 5.74) is 12.2. The maximum absolute atomic E-state index is 6.44. The largest absolute Gasteiger partial charge is 0.456 e. The molecule has 0 atom stereocenters. The Morgan fingerprint density at radius 3 is 1.40 bits per heavy atom. The Bertz CT molecular complexity index is 2750. The van der Waals surface area contributed by atoms with Gasteiger partial charge in [-0.05, 0) is 103 Å². The molecule has 0 unspecified atom stereocenters. The van der Waals surface area contributed by atoms with Gasteiger partial charge < -0.3 is 9.32 Å². The number of fused-ring (bicyclic) bond motifs is 5. The van der Waals surface area contributed by atoms with Crippen LogP contribution in [0.15, 0.2) is 205 Å². The van der Waals surface area contributed by atoms with Crippen molar-refractivity contribution in [1.82, 2.24) is 0 Å². The molecule has 52 heavy (non-hydrogen) atoms. The van der Waals surface area contributed by atoms with Crippen LogP contribution in [0.25, 0.3) is 76.9 Å². The van der Waals surface area contributed by atoms with Crippen LogP contribution in [0.3, 0.4) is 0 Å². The summed E-state index contributed by atoms with van der Waals surface area (Å²) in [4.78, 5) is 2.35. The van der Waals surface area contributed by atoms with Crippen molar-refractivity contribution in [1.29, 1.82) is 0 Å². The summed E-state index contributed by atoms with van der Waals surface area (Å²) in [5, 5.41) is 7.22. The SMILES string of the molecule is c1ccc(-c2cccc3oc4ccc(N(c5ccc(-c6cccc7ccccc67)cc5)c5ccc(-c6cccc7ccccc67)cc5)cc4c23)cc1. The Morgan fingerprint density at radius 2 is 0.788 bits per heavy atom. The lowest BCUT2D eigenvalue weighted by Crippen LogP contribution is -2.09. The summed E-state index contributed by atoms with van der Waals surface area (Å²) in [6, 6.07) is 71.7. The number of rotatable bonds is 6. The molecule has 1 heterocycles. The molecular weight excluding hydrogens is 631 g/mol. The van der Waals surface area contributed by atoms with E-state index in [9.17, 15) is 0 Å². The molecule has 0 N–H and O–H groups in total. The van der Waals surface area contributed by atoms with Crippen LogP contribution in [0, 0.1) is 0 Å². The van der Waals surface area contributed by atoms with Crippen LogP contribution < -0.4 is 4.90 Å². The first-order chi connectivity index (χ1) is 25.8. The predicted octanol–water partition coefficient (Wildman–Crippen LogP) is 14.4. The molecular formula is C50H33NO. The second-order valence-corrected chi connectivity index (χ2v) is 13.3. The van der Waals surface area contributed by atoms with Gasteiger partial charge in [-0.3, -0.25) is 0 Å². The fourth-order valence-electron chi connectivity index (χ4n) is 7.79. The van der Waals surface area contributed by atoms with E-state index in [1.807, 2.05) is 0 Å². The van der Waals surface area contributed by atoms with Crippen LogP contribution >= 0.6 is 0 Å². The number of benzene rings is 9. The Kier molecular flexibility index (Phi) is 7.18. The maximum atomic E-state index is 6.44. The summed E-state index contributed by atoms with van der Waals surface area (Å²) < 4.78 is 6.44. The molecule has 0 aliphatic heterocycles. The van der Waals surface area contributed by atoms with Crippen LogP contribution in [-0.2, 0) is 0 Å². The summed E-state index contributed by atoms with van der Waals surface area (Å²) in [6.07, 6.45) is 0. The maximum Gasteiger partial charge on any atom is 0.136 e. The monoisotopic (exact) mass is 663 g/mol. The van der Waals surface area contributed by atoms with Gasteiger partial charge in [0.1, 0.15) is 11.2 Å². The van der Waals surface area contributed by atoms with Gasteiger partial charge in [0.05, 0.1) is 0 Å². The highest BCUT2D eigenvalue weighted by Crippen LogP contribution is 2.43. The molecule has 0 amide bonds. The van der Waals surface area contributed by atoms with Crippen molar-refractivity contribution < 1.29 is 4.42 Å². The lowest BCUT2D eigenvalue weighted by molar-refractivity contribution is 0.669. The van der Waals surface area contributed by atoms with E-state index in [1.54, 1.807) is 0 Å². The molecule has 9 aromatic carbocycles. The van der Waals surface area contributed by atoms with Gasteiger partial charge in [-0.1, -0.05) is 152 Å². The zero-order valence-electron chi connectivity index (χ0n) is 28.4. The smallest absolute Gasteiger partial charge is 0.136 e. The van der Waals surface area contributed by atoms with Gasteiger partial charge >= 0.3 is 0 Å². The third kappa shape index (κ3) is 5.12. The quantitative estimate of drug-likeness (QED) is 0.176. The number of furan rings is 1. The molecule has 10 aromatic rings. The molecule has 0 aliphatic carbocycles. The average Bonchev–Trinajstić information content (AvgIpc) is 3.60. The van der Waals surface area contributed by atoms with Crippen LogP contribution in [0.5, 0.6) is 0 Å². The van der Waals surface area contributed by atoms with E-state index >= 15 is 0 Å². The second-order valence-electron chi connectivity index (χ2n) is 13.3. The van der Waals surface area contributed by atoms with Gasteiger partial charge in [-0.2, -0.15) is 0 Å². The highest BCUT2D eigenvalue weighted by atomic mass is 16.3. The molecule has 244 valence electrons. The molecule has 1 aromatic heterocycles. The molecule has 10 rings (SSSR count). The molecule has 0 fully saturated rings. The van der Waals surface area contributed by atoms with E-state index in [4.69, 9.17) is 4.42 Å². The first kappa shape index (κ1) is 30.0. The lowest BCUT2D eigenvalue weighted by Gasteiger charge is -2.26. The van der Waals surface area contributed by atoms with Crippen molar-refractivity contribution in [3.05, 3.63) is 200 Å². The summed E-state index contributed by atoms with van der Waals surface area (Å²) >= 11 is 0. The van der Waals surface area contributed by atoms with E-state index in [0.717, 1.165) is 39.0 Å². The first-order valence-corrected chi connectivity index (χ1v) is 17.8. The Hall–Kier alpha value is -6.90.